The molecule has 0 bridgehead atoms. The normalized spacial score (nSPS) is 12.9. The molecule has 4 nitrogen and oxygen atoms in total. The second-order valence-electron chi connectivity index (χ2n) is 5.59. The number of thiol groups is 1. The fraction of sp³-hybridized carbons (Fsp3) is 0.278. The van der Waals surface area contributed by atoms with Crippen molar-refractivity contribution in [3.63, 3.8) is 0 Å². The lowest BCUT2D eigenvalue weighted by atomic mass is 10.1. The summed E-state index contributed by atoms with van der Waals surface area (Å²) >= 11 is 4.48. The van der Waals surface area contributed by atoms with Gasteiger partial charge in [0.2, 0.25) is 0 Å². The zero-order valence-corrected chi connectivity index (χ0v) is 14.3. The second kappa shape index (κ2) is 7.17. The van der Waals surface area contributed by atoms with Gasteiger partial charge in [-0.1, -0.05) is 36.4 Å². The van der Waals surface area contributed by atoms with Crippen molar-refractivity contribution in [1.29, 1.82) is 0 Å². The number of anilines is 1. The lowest BCUT2D eigenvalue weighted by Crippen LogP contribution is -2.39. The Labute approximate surface area is 142 Å². The Hall–Kier alpha value is -1.82. The van der Waals surface area contributed by atoms with Gasteiger partial charge >= 0.3 is 0 Å². The summed E-state index contributed by atoms with van der Waals surface area (Å²) in [5.41, 5.74) is 3.25. The van der Waals surface area contributed by atoms with Crippen molar-refractivity contribution in [1.82, 2.24) is 15.2 Å². The Kier molecular flexibility index (Phi) is 5.00. The maximum absolute atomic E-state index is 4.75. The summed E-state index contributed by atoms with van der Waals surface area (Å²) in [6.07, 6.45) is 0. The summed E-state index contributed by atoms with van der Waals surface area (Å²) < 4.78 is 0. The minimum atomic E-state index is 0.0581. The van der Waals surface area contributed by atoms with Crippen molar-refractivity contribution >= 4 is 40.1 Å². The van der Waals surface area contributed by atoms with Crippen molar-refractivity contribution < 1.29 is 0 Å². The van der Waals surface area contributed by atoms with E-state index in [9.17, 15) is 0 Å². The summed E-state index contributed by atoms with van der Waals surface area (Å²) in [7, 11) is 3.96. The minimum absolute atomic E-state index is 0.0581. The lowest BCUT2D eigenvalue weighted by Gasteiger charge is -2.23. The van der Waals surface area contributed by atoms with Gasteiger partial charge in [0, 0.05) is 23.9 Å². The molecule has 0 saturated heterocycles. The number of hydrogen-bond acceptors (Lipinski definition) is 5. The zero-order chi connectivity index (χ0) is 16.2. The van der Waals surface area contributed by atoms with Crippen LogP contribution in [-0.2, 0) is 0 Å². The van der Waals surface area contributed by atoms with Gasteiger partial charge in [0.15, 0.2) is 0 Å². The summed E-state index contributed by atoms with van der Waals surface area (Å²) in [6, 6.07) is 16.5. The molecule has 1 aromatic heterocycles. The molecule has 120 valence electrons. The van der Waals surface area contributed by atoms with Crippen LogP contribution in [0.15, 0.2) is 48.5 Å². The third-order valence-electron chi connectivity index (χ3n) is 4.03. The molecule has 0 spiro atoms. The summed E-state index contributed by atoms with van der Waals surface area (Å²) in [5, 5.41) is 9.04. The first-order chi connectivity index (χ1) is 11.2. The molecule has 3 rings (SSSR count). The van der Waals surface area contributed by atoms with Crippen molar-refractivity contribution in [2.24, 2.45) is 0 Å². The molecule has 1 heterocycles. The van der Waals surface area contributed by atoms with E-state index in [0.29, 0.717) is 0 Å². The molecule has 0 aliphatic rings. The highest BCUT2D eigenvalue weighted by molar-refractivity contribution is 7.80. The maximum Gasteiger partial charge on any atom is 0.105 e. The van der Waals surface area contributed by atoms with Crippen LogP contribution in [0.5, 0.6) is 0 Å². The van der Waals surface area contributed by atoms with Crippen LogP contribution in [0.25, 0.3) is 21.8 Å². The monoisotopic (exact) mass is 326 g/mol. The Bertz CT molecular complexity index is 751. The number of likely N-dealkylation sites (N-methyl/N-ethyl adjacent to an activating group) is 1. The van der Waals surface area contributed by atoms with Gasteiger partial charge in [-0.2, -0.15) is 0 Å². The van der Waals surface area contributed by atoms with E-state index in [4.69, 9.17) is 4.98 Å². The smallest absolute Gasteiger partial charge is 0.105 e. The van der Waals surface area contributed by atoms with E-state index in [2.05, 4.69) is 71.6 Å². The number of fused-ring (bicyclic) bond motifs is 2. The molecule has 23 heavy (non-hydrogen) atoms. The predicted molar refractivity (Wildman–Crippen MR) is 102 cm³/mol. The zero-order valence-electron chi connectivity index (χ0n) is 13.5. The highest BCUT2D eigenvalue weighted by Crippen LogP contribution is 2.30. The van der Waals surface area contributed by atoms with Crippen molar-refractivity contribution in [2.75, 3.05) is 32.5 Å². The molecule has 5 heteroatoms. The predicted octanol–water partition coefficient (Wildman–Crippen LogP) is 3.16. The first-order valence-corrected chi connectivity index (χ1v) is 8.29. The van der Waals surface area contributed by atoms with Crippen LogP contribution in [0, 0.1) is 0 Å². The van der Waals surface area contributed by atoms with E-state index < -0.39 is 0 Å². The van der Waals surface area contributed by atoms with Crippen LogP contribution in [0.3, 0.4) is 0 Å². The number of benzene rings is 2. The second-order valence-corrected chi connectivity index (χ2v) is 6.08. The van der Waals surface area contributed by atoms with E-state index in [1.807, 2.05) is 19.2 Å². The number of pyridine rings is 1. The van der Waals surface area contributed by atoms with Crippen LogP contribution in [0.1, 0.15) is 0 Å². The minimum Gasteiger partial charge on any atom is -0.383 e. The highest BCUT2D eigenvalue weighted by atomic mass is 32.1. The van der Waals surface area contributed by atoms with Gasteiger partial charge in [-0.25, -0.2) is 4.98 Å². The fourth-order valence-corrected chi connectivity index (χ4v) is 2.85. The van der Waals surface area contributed by atoms with Gasteiger partial charge in [0.25, 0.3) is 0 Å². The molecule has 2 N–H and O–H groups in total. The molecule has 1 atom stereocenters. The number of aromatic nitrogens is 1. The largest absolute Gasteiger partial charge is 0.383 e. The average molecular weight is 326 g/mol. The number of nitrogens with one attached hydrogen (secondary N) is 2. The maximum atomic E-state index is 4.75. The Morgan fingerprint density at radius 1 is 1.04 bits per heavy atom. The molecule has 0 aliphatic carbocycles. The fourth-order valence-electron chi connectivity index (χ4n) is 2.73. The third kappa shape index (κ3) is 3.42. The van der Waals surface area contributed by atoms with Crippen LogP contribution in [0.2, 0.25) is 0 Å². The summed E-state index contributed by atoms with van der Waals surface area (Å²) in [6.45, 7) is 1.73. The first kappa shape index (κ1) is 16.1. The van der Waals surface area contributed by atoms with Gasteiger partial charge in [-0.3, -0.25) is 10.2 Å². The Morgan fingerprint density at radius 3 is 2.17 bits per heavy atom. The van der Waals surface area contributed by atoms with E-state index >= 15 is 0 Å². The van der Waals surface area contributed by atoms with Gasteiger partial charge in [0.05, 0.1) is 16.7 Å². The van der Waals surface area contributed by atoms with Gasteiger partial charge < -0.3 is 5.32 Å². The van der Waals surface area contributed by atoms with Crippen LogP contribution in [0.4, 0.5) is 5.69 Å². The van der Waals surface area contributed by atoms with Gasteiger partial charge in [0.1, 0.15) is 5.50 Å². The van der Waals surface area contributed by atoms with Gasteiger partial charge in [-0.15, -0.1) is 12.6 Å². The SMILES string of the molecule is CNC(S)N(C)CCNc1c2ccccc2nc2ccccc12. The van der Waals surface area contributed by atoms with Crippen molar-refractivity contribution in [2.45, 2.75) is 5.50 Å². The number of rotatable bonds is 6. The van der Waals surface area contributed by atoms with E-state index in [0.717, 1.165) is 40.6 Å². The molecule has 1 unspecified atom stereocenters. The summed E-state index contributed by atoms with van der Waals surface area (Å²) in [4.78, 5) is 6.90. The Balaban J connectivity index is 1.91. The van der Waals surface area contributed by atoms with E-state index in [1.165, 1.54) is 0 Å². The summed E-state index contributed by atoms with van der Waals surface area (Å²) in [5.74, 6) is 0. The molecule has 0 fully saturated rings. The first-order valence-electron chi connectivity index (χ1n) is 7.77. The van der Waals surface area contributed by atoms with Crippen molar-refractivity contribution in [3.05, 3.63) is 48.5 Å². The molecule has 0 amide bonds. The molecule has 0 aliphatic heterocycles. The Morgan fingerprint density at radius 2 is 1.61 bits per heavy atom. The molecular weight excluding hydrogens is 304 g/mol. The molecule has 0 radical (unpaired) electrons. The number of nitrogens with zero attached hydrogens (tertiary/aromatic N) is 2. The lowest BCUT2D eigenvalue weighted by molar-refractivity contribution is 0.302. The standard InChI is InChI=1S/C18H22N4S/c1-19-18(23)22(2)12-11-20-17-13-7-3-5-9-15(13)21-16-10-6-4-8-14(16)17/h3-10,18-19,23H,11-12H2,1-2H3,(H,20,21). The van der Waals surface area contributed by atoms with E-state index in [1.54, 1.807) is 0 Å². The molecule has 2 aromatic carbocycles. The molecular formula is C18H22N4S. The quantitative estimate of drug-likeness (QED) is 0.370. The van der Waals surface area contributed by atoms with Crippen LogP contribution < -0.4 is 10.6 Å². The highest BCUT2D eigenvalue weighted by Gasteiger charge is 2.10. The third-order valence-corrected chi connectivity index (χ3v) is 4.68. The van der Waals surface area contributed by atoms with E-state index in [-0.39, 0.29) is 5.50 Å². The number of para-hydroxylation sites is 2. The van der Waals surface area contributed by atoms with Crippen molar-refractivity contribution in [3.8, 4) is 0 Å². The topological polar surface area (TPSA) is 40.2 Å². The van der Waals surface area contributed by atoms with Crippen LogP contribution >= 0.6 is 12.6 Å². The van der Waals surface area contributed by atoms with Crippen LogP contribution in [-0.4, -0.2) is 42.6 Å². The molecule has 3 aromatic rings. The average Bonchev–Trinajstić information content (AvgIpc) is 2.60. The molecule has 0 saturated carbocycles. The number of hydrogen-bond donors (Lipinski definition) is 3. The van der Waals surface area contributed by atoms with Gasteiger partial charge in [-0.05, 0) is 26.2 Å².